The van der Waals surface area contributed by atoms with Crippen molar-refractivity contribution in [1.82, 2.24) is 9.88 Å². The first-order chi connectivity index (χ1) is 14.6. The van der Waals surface area contributed by atoms with Crippen LogP contribution in [0, 0.1) is 0 Å². The van der Waals surface area contributed by atoms with Crippen LogP contribution >= 0.6 is 11.3 Å². The molecule has 3 rings (SSSR count). The Bertz CT molecular complexity index is 1220. The minimum absolute atomic E-state index is 0.208. The summed E-state index contributed by atoms with van der Waals surface area (Å²) in [4.78, 5) is 33.2. The highest BCUT2D eigenvalue weighted by Gasteiger charge is 2.22. The third kappa shape index (κ3) is 5.27. The quantitative estimate of drug-likeness (QED) is 0.499. The predicted octanol–water partition coefficient (Wildman–Crippen LogP) is 2.69. The summed E-state index contributed by atoms with van der Waals surface area (Å²) in [6.45, 7) is 1.000. The molecule has 0 radical (unpaired) electrons. The molecule has 0 aliphatic rings. The van der Waals surface area contributed by atoms with Crippen molar-refractivity contribution in [1.29, 1.82) is 0 Å². The normalized spacial score (nSPS) is 11.6. The lowest BCUT2D eigenvalue weighted by atomic mass is 10.1. The van der Waals surface area contributed by atoms with E-state index in [4.69, 9.17) is 4.74 Å². The second-order valence-corrected chi connectivity index (χ2v) is 10.3. The fourth-order valence-electron chi connectivity index (χ4n) is 2.85. The minimum Gasteiger partial charge on any atom is -0.465 e. The summed E-state index contributed by atoms with van der Waals surface area (Å²) in [5, 5.41) is 0.476. The molecule has 164 valence electrons. The summed E-state index contributed by atoms with van der Waals surface area (Å²) < 4.78 is 29.1. The first-order valence-electron chi connectivity index (χ1n) is 9.36. The molecule has 0 atom stereocenters. The van der Waals surface area contributed by atoms with Crippen LogP contribution in [-0.2, 0) is 14.6 Å². The van der Waals surface area contributed by atoms with Crippen LogP contribution in [0.25, 0.3) is 10.2 Å². The Hall–Kier alpha value is -2.82. The number of anilines is 1. The summed E-state index contributed by atoms with van der Waals surface area (Å²) in [5.41, 5.74) is 1.38. The molecule has 10 heteroatoms. The highest BCUT2D eigenvalue weighted by molar-refractivity contribution is 7.90. The number of carbonyl (C=O) groups excluding carboxylic acids is 2. The summed E-state index contributed by atoms with van der Waals surface area (Å²) in [5.74, 6) is -0.739. The topological polar surface area (TPSA) is 96.9 Å². The van der Waals surface area contributed by atoms with Crippen molar-refractivity contribution in [3.05, 3.63) is 53.6 Å². The van der Waals surface area contributed by atoms with Crippen LogP contribution in [0.15, 0.2) is 47.4 Å². The Morgan fingerprint density at radius 3 is 2.26 bits per heavy atom. The molecular formula is C21H23N3O5S2. The van der Waals surface area contributed by atoms with Gasteiger partial charge in [-0.15, -0.1) is 0 Å². The van der Waals surface area contributed by atoms with Crippen molar-refractivity contribution < 1.29 is 22.7 Å². The lowest BCUT2D eigenvalue weighted by molar-refractivity contribution is 0.0600. The molecule has 1 aromatic heterocycles. The standard InChI is InChI=1S/C21H23N3O5S2/c1-23(2)11-12-24(19(25)14-5-7-15(8-6-14)20(26)29-3)21-22-17-10-9-16(31(4,27)28)13-18(17)30-21/h5-10,13H,11-12H2,1-4H3. The third-order valence-electron chi connectivity index (χ3n) is 4.58. The zero-order chi connectivity index (χ0) is 22.8. The van der Waals surface area contributed by atoms with E-state index in [0.717, 1.165) is 6.26 Å². The van der Waals surface area contributed by atoms with E-state index in [-0.39, 0.29) is 10.8 Å². The number of carbonyl (C=O) groups is 2. The number of nitrogens with zero attached hydrogens (tertiary/aromatic N) is 3. The van der Waals surface area contributed by atoms with Crippen LogP contribution < -0.4 is 4.90 Å². The molecule has 0 spiro atoms. The number of aromatic nitrogens is 1. The number of rotatable bonds is 7. The molecule has 0 saturated carbocycles. The van der Waals surface area contributed by atoms with Crippen LogP contribution in [0.1, 0.15) is 20.7 Å². The number of fused-ring (bicyclic) bond motifs is 1. The van der Waals surface area contributed by atoms with Gasteiger partial charge in [0.1, 0.15) is 0 Å². The van der Waals surface area contributed by atoms with E-state index < -0.39 is 15.8 Å². The lowest BCUT2D eigenvalue weighted by Crippen LogP contribution is -2.36. The van der Waals surface area contributed by atoms with Gasteiger partial charge >= 0.3 is 5.97 Å². The van der Waals surface area contributed by atoms with Gasteiger partial charge in [0.15, 0.2) is 15.0 Å². The van der Waals surface area contributed by atoms with Crippen molar-refractivity contribution in [2.24, 2.45) is 0 Å². The molecule has 0 unspecified atom stereocenters. The van der Waals surface area contributed by atoms with Gasteiger partial charge in [0, 0.05) is 24.9 Å². The number of ether oxygens (including phenoxy) is 1. The number of thiazole rings is 1. The Morgan fingerprint density at radius 1 is 1.03 bits per heavy atom. The highest BCUT2D eigenvalue weighted by Crippen LogP contribution is 2.31. The second kappa shape index (κ2) is 9.13. The van der Waals surface area contributed by atoms with Crippen LogP contribution in [0.3, 0.4) is 0 Å². The Balaban J connectivity index is 1.98. The van der Waals surface area contributed by atoms with E-state index in [0.29, 0.717) is 39.6 Å². The fraction of sp³-hybridized carbons (Fsp3) is 0.286. The summed E-state index contributed by atoms with van der Waals surface area (Å²) in [6, 6.07) is 11.0. The number of methoxy groups -OCH3 is 1. The minimum atomic E-state index is -3.35. The molecule has 1 amide bonds. The maximum Gasteiger partial charge on any atom is 0.337 e. The maximum absolute atomic E-state index is 13.3. The van der Waals surface area contributed by atoms with Gasteiger partial charge in [-0.1, -0.05) is 11.3 Å². The number of benzene rings is 2. The van der Waals surface area contributed by atoms with Crippen LogP contribution in [-0.4, -0.2) is 70.7 Å². The van der Waals surface area contributed by atoms with E-state index in [2.05, 4.69) is 4.98 Å². The fourth-order valence-corrected chi connectivity index (χ4v) is 4.60. The first kappa shape index (κ1) is 22.9. The number of esters is 1. The maximum atomic E-state index is 13.3. The summed E-state index contributed by atoms with van der Waals surface area (Å²) in [6.07, 6.45) is 1.15. The van der Waals surface area contributed by atoms with Crippen LogP contribution in [0.4, 0.5) is 5.13 Å². The van der Waals surface area contributed by atoms with Crippen LogP contribution in [0.5, 0.6) is 0 Å². The van der Waals surface area contributed by atoms with Crippen LogP contribution in [0.2, 0.25) is 0 Å². The van der Waals surface area contributed by atoms with Gasteiger partial charge < -0.3 is 9.64 Å². The van der Waals surface area contributed by atoms with Crippen molar-refractivity contribution in [3.8, 4) is 0 Å². The lowest BCUT2D eigenvalue weighted by Gasteiger charge is -2.22. The van der Waals surface area contributed by atoms with E-state index >= 15 is 0 Å². The highest BCUT2D eigenvalue weighted by atomic mass is 32.2. The zero-order valence-corrected chi connectivity index (χ0v) is 19.3. The van der Waals surface area contributed by atoms with E-state index in [1.807, 2.05) is 19.0 Å². The Labute approximate surface area is 185 Å². The first-order valence-corrected chi connectivity index (χ1v) is 12.1. The monoisotopic (exact) mass is 461 g/mol. The molecule has 8 nitrogen and oxygen atoms in total. The molecule has 0 fully saturated rings. The van der Waals surface area contributed by atoms with E-state index in [1.54, 1.807) is 41.3 Å². The van der Waals surface area contributed by atoms with Gasteiger partial charge in [-0.2, -0.15) is 0 Å². The number of hydrogen-bond acceptors (Lipinski definition) is 8. The summed E-state index contributed by atoms with van der Waals surface area (Å²) >= 11 is 1.26. The van der Waals surface area contributed by atoms with Crippen molar-refractivity contribution in [2.45, 2.75) is 4.90 Å². The molecule has 1 heterocycles. The van der Waals surface area contributed by atoms with Gasteiger partial charge in [-0.05, 0) is 56.6 Å². The third-order valence-corrected chi connectivity index (χ3v) is 6.73. The summed E-state index contributed by atoms with van der Waals surface area (Å²) in [7, 11) is 1.77. The number of amides is 1. The van der Waals surface area contributed by atoms with E-state index in [1.165, 1.54) is 24.5 Å². The number of likely N-dealkylation sites (N-methyl/N-ethyl adjacent to an activating group) is 1. The van der Waals surface area contributed by atoms with Gasteiger partial charge in [-0.3, -0.25) is 9.69 Å². The number of hydrogen-bond donors (Lipinski definition) is 0. The zero-order valence-electron chi connectivity index (χ0n) is 17.7. The molecule has 0 N–H and O–H groups in total. The van der Waals surface area contributed by atoms with Gasteiger partial charge in [0.05, 0.1) is 27.8 Å². The Morgan fingerprint density at radius 2 is 1.68 bits per heavy atom. The average molecular weight is 462 g/mol. The molecule has 0 bridgehead atoms. The number of sulfone groups is 1. The second-order valence-electron chi connectivity index (χ2n) is 7.23. The predicted molar refractivity (Wildman–Crippen MR) is 121 cm³/mol. The largest absolute Gasteiger partial charge is 0.465 e. The molecule has 31 heavy (non-hydrogen) atoms. The van der Waals surface area contributed by atoms with Crippen molar-refractivity contribution >= 4 is 48.4 Å². The molecule has 0 aliphatic heterocycles. The van der Waals surface area contributed by atoms with Gasteiger partial charge in [-0.25, -0.2) is 18.2 Å². The van der Waals surface area contributed by atoms with Crippen molar-refractivity contribution in [2.75, 3.05) is 45.5 Å². The van der Waals surface area contributed by atoms with Gasteiger partial charge in [0.2, 0.25) is 0 Å². The molecule has 3 aromatic rings. The smallest absolute Gasteiger partial charge is 0.337 e. The molecule has 2 aromatic carbocycles. The van der Waals surface area contributed by atoms with Crippen molar-refractivity contribution in [3.63, 3.8) is 0 Å². The molecular weight excluding hydrogens is 438 g/mol. The SMILES string of the molecule is COC(=O)c1ccc(C(=O)N(CCN(C)C)c2nc3ccc(S(C)(=O)=O)cc3s2)cc1. The Kier molecular flexibility index (Phi) is 6.73. The molecule has 0 aliphatic carbocycles. The average Bonchev–Trinajstić information content (AvgIpc) is 3.15. The molecule has 0 saturated heterocycles. The van der Waals surface area contributed by atoms with E-state index in [9.17, 15) is 18.0 Å². The van der Waals surface area contributed by atoms with Gasteiger partial charge in [0.25, 0.3) is 5.91 Å².